The molecule has 0 amide bonds. The predicted molar refractivity (Wildman–Crippen MR) is 123 cm³/mol. The van der Waals surface area contributed by atoms with E-state index >= 15 is 0 Å². The second-order valence-electron chi connectivity index (χ2n) is 7.83. The Kier molecular flexibility index (Phi) is 8.63. The third-order valence-corrected chi connectivity index (χ3v) is 7.01. The van der Waals surface area contributed by atoms with Crippen molar-refractivity contribution in [3.8, 4) is 0 Å². The highest BCUT2D eigenvalue weighted by Gasteiger charge is 2.46. The summed E-state index contributed by atoms with van der Waals surface area (Å²) in [4.78, 5) is 2.11. The number of aromatic nitrogens is 2. The van der Waals surface area contributed by atoms with E-state index in [9.17, 15) is 21.6 Å². The molecule has 8 nitrogen and oxygen atoms in total. The zero-order valence-corrected chi connectivity index (χ0v) is 19.9. The van der Waals surface area contributed by atoms with E-state index in [0.29, 0.717) is 0 Å². The number of alkyl halides is 3. The highest BCUT2D eigenvalue weighted by Crippen LogP contribution is 2.39. The second kappa shape index (κ2) is 11.2. The lowest BCUT2D eigenvalue weighted by Crippen LogP contribution is -2.32. The molecule has 182 valence electrons. The first-order valence-electron chi connectivity index (χ1n) is 10.9. The Morgan fingerprint density at radius 3 is 2.61 bits per heavy atom. The highest BCUT2D eigenvalue weighted by molar-refractivity contribution is 7.93. The molecule has 1 aromatic heterocycles. The van der Waals surface area contributed by atoms with Gasteiger partial charge in [-0.05, 0) is 37.0 Å². The van der Waals surface area contributed by atoms with Gasteiger partial charge in [0.25, 0.3) is 5.13 Å². The van der Waals surface area contributed by atoms with Crippen LogP contribution in [0.25, 0.3) is 0 Å². The third-order valence-electron chi connectivity index (χ3n) is 5.33. The van der Waals surface area contributed by atoms with Crippen LogP contribution in [0.1, 0.15) is 57.4 Å². The van der Waals surface area contributed by atoms with Gasteiger partial charge < -0.3 is 4.90 Å². The summed E-state index contributed by atoms with van der Waals surface area (Å²) < 4.78 is 64.4. The molecule has 2 aromatic rings. The van der Waals surface area contributed by atoms with Gasteiger partial charge in [-0.15, -0.1) is 20.4 Å². The molecule has 0 atom stereocenters. The number of sulfonamides is 1. The van der Waals surface area contributed by atoms with E-state index in [-0.39, 0.29) is 16.5 Å². The first-order chi connectivity index (χ1) is 15.7. The molecule has 2 heterocycles. The van der Waals surface area contributed by atoms with E-state index < -0.39 is 15.5 Å². The summed E-state index contributed by atoms with van der Waals surface area (Å²) in [6, 6.07) is 3.03. The van der Waals surface area contributed by atoms with Crippen molar-refractivity contribution in [2.75, 3.05) is 22.7 Å². The van der Waals surface area contributed by atoms with Gasteiger partial charge in [0.05, 0.1) is 5.69 Å². The van der Waals surface area contributed by atoms with Crippen LogP contribution < -0.4 is 9.62 Å². The van der Waals surface area contributed by atoms with Gasteiger partial charge in [-0.3, -0.25) is 4.72 Å². The van der Waals surface area contributed by atoms with Crippen LogP contribution in [0.3, 0.4) is 0 Å². The second-order valence-corrected chi connectivity index (χ2v) is 10.3. The van der Waals surface area contributed by atoms with E-state index in [1.807, 2.05) is 0 Å². The Morgan fingerprint density at radius 1 is 1.15 bits per heavy atom. The molecule has 1 N–H and O–H groups in total. The van der Waals surface area contributed by atoms with Crippen LogP contribution in [-0.2, 0) is 16.4 Å². The monoisotopic (exact) mass is 504 g/mol. The molecule has 1 aliphatic heterocycles. The molecule has 33 heavy (non-hydrogen) atoms. The molecule has 0 radical (unpaired) electrons. The lowest BCUT2D eigenvalue weighted by molar-refractivity contribution is -0.0429. The van der Waals surface area contributed by atoms with Crippen LogP contribution in [0.4, 0.5) is 35.4 Å². The quantitative estimate of drug-likeness (QED) is 0.285. The van der Waals surface area contributed by atoms with Crippen molar-refractivity contribution >= 4 is 43.6 Å². The molecular weight excluding hydrogens is 477 g/mol. The number of nitrogens with zero attached hydrogens (tertiary/aromatic N) is 5. The number of benzene rings is 1. The number of fused-ring (bicyclic) bond motifs is 1. The van der Waals surface area contributed by atoms with Gasteiger partial charge in [-0.25, -0.2) is 0 Å². The lowest BCUT2D eigenvalue weighted by Gasteiger charge is -2.32. The fraction of sp³-hybridized carbons (Fsp3) is 0.600. The average molecular weight is 505 g/mol. The number of azo groups is 1. The number of nitrogens with one attached hydrogen (secondary N) is 1. The molecule has 0 aliphatic carbocycles. The van der Waals surface area contributed by atoms with E-state index in [1.54, 1.807) is 10.8 Å². The summed E-state index contributed by atoms with van der Waals surface area (Å²) in [7, 11) is -5.61. The number of rotatable bonds is 11. The number of unbranched alkanes of at least 4 members (excludes halogenated alkanes) is 5. The van der Waals surface area contributed by atoms with Crippen molar-refractivity contribution in [3.63, 3.8) is 0 Å². The Morgan fingerprint density at radius 2 is 1.91 bits per heavy atom. The molecule has 0 fully saturated rings. The van der Waals surface area contributed by atoms with Gasteiger partial charge in [0, 0.05) is 18.8 Å². The maximum absolute atomic E-state index is 13.0. The topological polar surface area (TPSA) is 99.9 Å². The van der Waals surface area contributed by atoms with Gasteiger partial charge in [0.2, 0.25) is 0 Å². The molecule has 0 spiro atoms. The summed E-state index contributed by atoms with van der Waals surface area (Å²) in [5.74, 6) is 0. The average Bonchev–Trinajstić information content (AvgIpc) is 3.27. The molecule has 1 aliphatic rings. The zero-order valence-electron chi connectivity index (χ0n) is 18.3. The van der Waals surface area contributed by atoms with Gasteiger partial charge in [0.15, 0.2) is 0 Å². The molecule has 13 heteroatoms. The standard InChI is InChI=1S/C20H27F3N6O2S2/c1-2-3-4-5-6-7-10-29-11-8-9-15-12-16(25-27-19-26-24-14-32-19)17(13-18(15)29)28-33(30,31)20(21,22)23/h12-14,28H,2-11H2,1H3. The predicted octanol–water partition coefficient (Wildman–Crippen LogP) is 6.33. The third kappa shape index (κ3) is 6.85. The minimum atomic E-state index is -5.61. The first kappa shape index (κ1) is 25.3. The first-order valence-corrected chi connectivity index (χ1v) is 13.3. The van der Waals surface area contributed by atoms with Crippen LogP contribution in [-0.4, -0.2) is 37.2 Å². The molecule has 0 unspecified atom stereocenters. The molecule has 3 rings (SSSR count). The van der Waals surface area contributed by atoms with Crippen LogP contribution in [0.15, 0.2) is 27.9 Å². The van der Waals surface area contributed by atoms with E-state index in [2.05, 4.69) is 32.2 Å². The van der Waals surface area contributed by atoms with Crippen molar-refractivity contribution in [1.29, 1.82) is 0 Å². The Bertz CT molecular complexity index is 1040. The number of anilines is 2. The minimum absolute atomic E-state index is 0.00168. The number of aryl methyl sites for hydroxylation is 1. The Balaban J connectivity index is 1.87. The van der Waals surface area contributed by atoms with E-state index in [0.717, 1.165) is 67.8 Å². The van der Waals surface area contributed by atoms with Crippen LogP contribution in [0.2, 0.25) is 0 Å². The summed E-state index contributed by atoms with van der Waals surface area (Å²) in [5, 5.41) is 15.4. The Labute approximate surface area is 195 Å². The van der Waals surface area contributed by atoms with Gasteiger partial charge in [0.1, 0.15) is 11.2 Å². The maximum atomic E-state index is 13.0. The fourth-order valence-corrected chi connectivity index (χ4v) is 4.62. The molecular formula is C20H27F3N6O2S2. The SMILES string of the molecule is CCCCCCCCN1CCCc2cc(N=Nc3nncs3)c(NS(=O)(=O)C(F)(F)F)cc21. The van der Waals surface area contributed by atoms with Gasteiger partial charge >= 0.3 is 15.5 Å². The summed E-state index contributed by atoms with van der Waals surface area (Å²) in [5.41, 5.74) is -2.66. The molecule has 1 aromatic carbocycles. The van der Waals surface area contributed by atoms with Crippen molar-refractivity contribution < 1.29 is 21.6 Å². The van der Waals surface area contributed by atoms with Gasteiger partial charge in [-0.1, -0.05) is 50.4 Å². The fourth-order valence-electron chi connectivity index (χ4n) is 3.69. The normalized spacial score (nSPS) is 14.6. The maximum Gasteiger partial charge on any atom is 0.516 e. The zero-order chi connectivity index (χ0) is 23.9. The highest BCUT2D eigenvalue weighted by atomic mass is 32.2. The summed E-state index contributed by atoms with van der Waals surface area (Å²) in [6.07, 6.45) is 8.38. The van der Waals surface area contributed by atoms with Crippen molar-refractivity contribution in [3.05, 3.63) is 23.2 Å². The summed E-state index contributed by atoms with van der Waals surface area (Å²) >= 11 is 1.10. The molecule has 0 bridgehead atoms. The number of halogens is 3. The van der Waals surface area contributed by atoms with Crippen molar-refractivity contribution in [2.24, 2.45) is 10.2 Å². The summed E-state index contributed by atoms with van der Waals surface area (Å²) in [6.45, 7) is 3.69. The molecule has 0 saturated heterocycles. The lowest BCUT2D eigenvalue weighted by atomic mass is 9.99. The molecule has 0 saturated carbocycles. The number of hydrogen-bond acceptors (Lipinski definition) is 8. The number of hydrogen-bond donors (Lipinski definition) is 1. The van der Waals surface area contributed by atoms with Gasteiger partial charge in [-0.2, -0.15) is 21.6 Å². The van der Waals surface area contributed by atoms with E-state index in [4.69, 9.17) is 0 Å². The largest absolute Gasteiger partial charge is 0.516 e. The van der Waals surface area contributed by atoms with Crippen LogP contribution >= 0.6 is 11.3 Å². The van der Waals surface area contributed by atoms with Crippen molar-refractivity contribution in [2.45, 2.75) is 63.8 Å². The smallest absolute Gasteiger partial charge is 0.371 e. The van der Waals surface area contributed by atoms with Crippen LogP contribution in [0.5, 0.6) is 0 Å². The Hall–Kier alpha value is -2.28. The van der Waals surface area contributed by atoms with Crippen LogP contribution in [0, 0.1) is 0 Å². The van der Waals surface area contributed by atoms with E-state index in [1.165, 1.54) is 30.8 Å². The van der Waals surface area contributed by atoms with Crippen molar-refractivity contribution in [1.82, 2.24) is 10.2 Å². The minimum Gasteiger partial charge on any atom is -0.371 e.